The summed E-state index contributed by atoms with van der Waals surface area (Å²) < 4.78 is 2.31. The zero-order chi connectivity index (χ0) is 10.6. The summed E-state index contributed by atoms with van der Waals surface area (Å²) in [6.45, 7) is 4.24. The fourth-order valence-electron chi connectivity index (χ4n) is 1.11. The molecule has 1 rings (SSSR count). The Bertz CT molecular complexity index is 440. The van der Waals surface area contributed by atoms with Crippen molar-refractivity contribution in [3.63, 3.8) is 0 Å². The second-order valence-corrected chi connectivity index (χ2v) is 3.95. The van der Waals surface area contributed by atoms with Crippen LogP contribution in [-0.4, -0.2) is 9.55 Å². The molecule has 0 saturated heterocycles. The molecule has 0 aliphatic rings. The summed E-state index contributed by atoms with van der Waals surface area (Å²) in [4.78, 5) is 15.8. The fraction of sp³-hybridized carbons (Fsp3) is 0.400. The van der Waals surface area contributed by atoms with Crippen molar-refractivity contribution in [2.24, 2.45) is 0 Å². The molecule has 0 N–H and O–H groups in total. The van der Waals surface area contributed by atoms with E-state index in [1.807, 2.05) is 29.5 Å². The molecule has 0 aromatic carbocycles. The summed E-state index contributed by atoms with van der Waals surface area (Å²) in [6, 6.07) is 0. The normalized spacial score (nSPS) is 9.36. The van der Waals surface area contributed by atoms with Gasteiger partial charge in [0, 0.05) is 19.2 Å². The van der Waals surface area contributed by atoms with Gasteiger partial charge in [0.15, 0.2) is 0 Å². The van der Waals surface area contributed by atoms with Crippen molar-refractivity contribution >= 4 is 22.6 Å². The molecular weight excluding hydrogens is 291 g/mol. The van der Waals surface area contributed by atoms with Gasteiger partial charge in [-0.05, 0) is 36.4 Å². The maximum atomic E-state index is 11.7. The molecule has 0 spiro atoms. The van der Waals surface area contributed by atoms with Crippen molar-refractivity contribution < 1.29 is 0 Å². The van der Waals surface area contributed by atoms with Crippen LogP contribution in [-0.2, 0) is 6.54 Å². The van der Waals surface area contributed by atoms with E-state index >= 15 is 0 Å². The Balaban J connectivity index is 2.99. The molecular formula is C10H11IN2O. The first-order valence-corrected chi connectivity index (χ1v) is 5.36. The zero-order valence-corrected chi connectivity index (χ0v) is 10.3. The Kier molecular flexibility index (Phi) is 4.14. The number of rotatable bonds is 2. The third-order valence-corrected chi connectivity index (χ3v) is 2.58. The minimum Gasteiger partial charge on any atom is -0.295 e. The average Bonchev–Trinajstić information content (AvgIpc) is 2.18. The lowest BCUT2D eigenvalue weighted by Gasteiger charge is -2.06. The van der Waals surface area contributed by atoms with Crippen molar-refractivity contribution in [2.75, 3.05) is 0 Å². The van der Waals surface area contributed by atoms with Crippen LogP contribution < -0.4 is 5.56 Å². The topological polar surface area (TPSA) is 34.9 Å². The van der Waals surface area contributed by atoms with Crippen molar-refractivity contribution in [3.8, 4) is 11.8 Å². The van der Waals surface area contributed by atoms with Crippen LogP contribution in [0.1, 0.15) is 19.2 Å². The van der Waals surface area contributed by atoms with E-state index in [0.717, 1.165) is 5.82 Å². The van der Waals surface area contributed by atoms with Gasteiger partial charge in [0.1, 0.15) is 5.82 Å². The Labute approximate surface area is 96.7 Å². The van der Waals surface area contributed by atoms with E-state index in [9.17, 15) is 4.79 Å². The van der Waals surface area contributed by atoms with Crippen LogP contribution in [0.3, 0.4) is 0 Å². The first-order chi connectivity index (χ1) is 6.66. The summed E-state index contributed by atoms with van der Waals surface area (Å²) in [5.74, 6) is 6.48. The van der Waals surface area contributed by atoms with Crippen LogP contribution in [0.2, 0.25) is 0 Å². The first kappa shape index (κ1) is 11.2. The van der Waals surface area contributed by atoms with Gasteiger partial charge in [-0.25, -0.2) is 4.98 Å². The second-order valence-electron chi connectivity index (χ2n) is 2.79. The highest BCUT2D eigenvalue weighted by Crippen LogP contribution is 1.98. The van der Waals surface area contributed by atoms with E-state index < -0.39 is 0 Å². The Morgan fingerprint density at radius 2 is 2.36 bits per heavy atom. The minimum atomic E-state index is 0.0241. The van der Waals surface area contributed by atoms with E-state index in [4.69, 9.17) is 0 Å². The molecule has 0 bridgehead atoms. The lowest BCUT2D eigenvalue weighted by molar-refractivity contribution is 0.641. The molecule has 3 nitrogen and oxygen atoms in total. The third-order valence-electron chi connectivity index (χ3n) is 1.84. The van der Waals surface area contributed by atoms with E-state index in [2.05, 4.69) is 16.8 Å². The number of hydrogen-bond acceptors (Lipinski definition) is 2. The first-order valence-electron chi connectivity index (χ1n) is 4.28. The number of nitrogens with zero attached hydrogens (tertiary/aromatic N) is 2. The van der Waals surface area contributed by atoms with Crippen molar-refractivity contribution in [1.82, 2.24) is 9.55 Å². The molecule has 14 heavy (non-hydrogen) atoms. The third kappa shape index (κ3) is 2.58. The Hall–Kier alpha value is -0.830. The van der Waals surface area contributed by atoms with Gasteiger partial charge >= 0.3 is 0 Å². The summed E-state index contributed by atoms with van der Waals surface area (Å²) in [5.41, 5.74) is 0.0241. The summed E-state index contributed by atoms with van der Waals surface area (Å²) in [7, 11) is 0. The monoisotopic (exact) mass is 302 g/mol. The molecule has 0 radical (unpaired) electrons. The van der Waals surface area contributed by atoms with Crippen LogP contribution in [0, 0.1) is 22.3 Å². The van der Waals surface area contributed by atoms with Gasteiger partial charge in [0.25, 0.3) is 5.56 Å². The maximum absolute atomic E-state index is 11.7. The van der Waals surface area contributed by atoms with Crippen molar-refractivity contribution in [3.05, 3.63) is 25.9 Å². The van der Waals surface area contributed by atoms with Gasteiger partial charge in [-0.15, -0.1) is 11.8 Å². The van der Waals surface area contributed by atoms with E-state index in [-0.39, 0.29) is 5.56 Å². The quantitative estimate of drug-likeness (QED) is 0.614. The van der Waals surface area contributed by atoms with Gasteiger partial charge in [0.2, 0.25) is 0 Å². The van der Waals surface area contributed by atoms with Crippen LogP contribution >= 0.6 is 22.6 Å². The van der Waals surface area contributed by atoms with E-state index in [1.54, 1.807) is 17.7 Å². The molecule has 0 aliphatic carbocycles. The fourth-order valence-corrected chi connectivity index (χ4v) is 1.54. The summed E-state index contributed by atoms with van der Waals surface area (Å²) in [5, 5.41) is 0. The zero-order valence-electron chi connectivity index (χ0n) is 8.17. The molecule has 0 aliphatic heterocycles. The molecule has 1 aromatic rings. The van der Waals surface area contributed by atoms with Crippen molar-refractivity contribution in [2.45, 2.75) is 26.8 Å². The molecule has 0 atom stereocenters. The summed E-state index contributed by atoms with van der Waals surface area (Å²) in [6.07, 6.45) is 2.29. The smallest absolute Gasteiger partial charge is 0.266 e. The summed E-state index contributed by atoms with van der Waals surface area (Å²) >= 11 is 2.00. The predicted molar refractivity (Wildman–Crippen MR) is 64.0 cm³/mol. The number of hydrogen-bond donors (Lipinski definition) is 0. The minimum absolute atomic E-state index is 0.0241. The molecule has 1 aromatic heterocycles. The van der Waals surface area contributed by atoms with Crippen LogP contribution in [0.4, 0.5) is 0 Å². The number of aromatic nitrogens is 2. The van der Waals surface area contributed by atoms with Gasteiger partial charge in [0.05, 0.1) is 3.57 Å². The van der Waals surface area contributed by atoms with Gasteiger partial charge in [-0.1, -0.05) is 0 Å². The standard InChI is InChI=1S/C10H11IN2O/c1-3-4-5-6-13-8(2)12-7-9(11)10(13)14/h7H,5-6H2,1-2H3. The van der Waals surface area contributed by atoms with E-state index in [0.29, 0.717) is 16.5 Å². The number of halogens is 1. The van der Waals surface area contributed by atoms with Gasteiger partial charge in [-0.3, -0.25) is 9.36 Å². The molecule has 1 heterocycles. The second kappa shape index (κ2) is 5.15. The number of aryl methyl sites for hydroxylation is 1. The highest BCUT2D eigenvalue weighted by Gasteiger charge is 2.03. The van der Waals surface area contributed by atoms with Crippen LogP contribution in [0.15, 0.2) is 11.0 Å². The predicted octanol–water partition coefficient (Wildman–Crippen LogP) is 1.57. The molecule has 0 fully saturated rings. The van der Waals surface area contributed by atoms with Gasteiger partial charge < -0.3 is 0 Å². The SMILES string of the molecule is CC#CCCn1c(C)ncc(I)c1=O. The highest BCUT2D eigenvalue weighted by atomic mass is 127. The lowest BCUT2D eigenvalue weighted by atomic mass is 10.4. The molecule has 74 valence electrons. The Morgan fingerprint density at radius 1 is 1.64 bits per heavy atom. The highest BCUT2D eigenvalue weighted by molar-refractivity contribution is 14.1. The molecule has 0 amide bonds. The lowest BCUT2D eigenvalue weighted by Crippen LogP contribution is -2.25. The average molecular weight is 302 g/mol. The Morgan fingerprint density at radius 3 is 3.00 bits per heavy atom. The molecule has 0 unspecified atom stereocenters. The maximum Gasteiger partial charge on any atom is 0.266 e. The van der Waals surface area contributed by atoms with E-state index in [1.165, 1.54) is 0 Å². The largest absolute Gasteiger partial charge is 0.295 e. The van der Waals surface area contributed by atoms with Crippen molar-refractivity contribution in [1.29, 1.82) is 0 Å². The molecule has 4 heteroatoms. The molecule has 0 saturated carbocycles. The van der Waals surface area contributed by atoms with Gasteiger partial charge in [-0.2, -0.15) is 0 Å². The van der Waals surface area contributed by atoms with Crippen LogP contribution in [0.5, 0.6) is 0 Å². The van der Waals surface area contributed by atoms with Crippen LogP contribution in [0.25, 0.3) is 0 Å².